The lowest BCUT2D eigenvalue weighted by Crippen LogP contribution is -2.26. The van der Waals surface area contributed by atoms with Crippen LogP contribution < -0.4 is 10.0 Å². The Morgan fingerprint density at radius 1 is 0.949 bits per heavy atom. The molecule has 0 saturated heterocycles. The van der Waals surface area contributed by atoms with Crippen molar-refractivity contribution in [1.82, 2.24) is 14.7 Å². The van der Waals surface area contributed by atoms with Crippen molar-refractivity contribution in [2.45, 2.75) is 18.2 Å². The third-order valence-electron chi connectivity index (χ3n) is 6.23. The molecule has 0 atom stereocenters. The Balaban J connectivity index is 1.25. The van der Waals surface area contributed by atoms with E-state index >= 15 is 0 Å². The summed E-state index contributed by atoms with van der Waals surface area (Å²) in [6, 6.07) is 23.9. The van der Waals surface area contributed by atoms with E-state index < -0.39 is 10.0 Å². The summed E-state index contributed by atoms with van der Waals surface area (Å²) in [5.74, 6) is 0.101. The van der Waals surface area contributed by atoms with Gasteiger partial charge in [0, 0.05) is 22.8 Å². The van der Waals surface area contributed by atoms with Gasteiger partial charge in [0.15, 0.2) is 0 Å². The molecule has 4 N–H and O–H groups in total. The van der Waals surface area contributed by atoms with E-state index in [0.29, 0.717) is 39.6 Å². The number of anilines is 1. The van der Waals surface area contributed by atoms with Crippen molar-refractivity contribution in [2.24, 2.45) is 0 Å². The maximum Gasteiger partial charge on any atom is 0.257 e. The molecule has 0 aliphatic carbocycles. The van der Waals surface area contributed by atoms with Gasteiger partial charge in [-0.15, -0.1) is 0 Å². The number of rotatable bonds is 8. The fourth-order valence-electron chi connectivity index (χ4n) is 4.09. The van der Waals surface area contributed by atoms with Gasteiger partial charge in [0.05, 0.1) is 10.5 Å². The maximum atomic E-state index is 13.1. The molecular weight excluding hydrogens is 536 g/mol. The van der Waals surface area contributed by atoms with Crippen LogP contribution in [-0.4, -0.2) is 35.9 Å². The van der Waals surface area contributed by atoms with E-state index in [1.165, 1.54) is 12.1 Å². The Bertz CT molecular complexity index is 1750. The molecule has 8 nitrogen and oxygen atoms in total. The normalized spacial score (nSPS) is 11.5. The number of carbonyl (C=O) groups excluding carboxylic acids is 1. The van der Waals surface area contributed by atoms with Gasteiger partial charge in [-0.3, -0.25) is 4.79 Å². The lowest BCUT2D eigenvalue weighted by atomic mass is 10.1. The molecule has 1 heterocycles. The third kappa shape index (κ3) is 5.96. The molecular formula is C29H25ClN4O4S. The maximum absolute atomic E-state index is 13.1. The van der Waals surface area contributed by atoms with Crippen LogP contribution in [0.5, 0.6) is 5.75 Å². The number of hydrogen-bond acceptors (Lipinski definition) is 5. The molecule has 1 aromatic heterocycles. The van der Waals surface area contributed by atoms with Crippen LogP contribution in [-0.2, 0) is 16.4 Å². The Kier molecular flexibility index (Phi) is 7.38. The van der Waals surface area contributed by atoms with E-state index in [1.54, 1.807) is 60.7 Å². The van der Waals surface area contributed by atoms with Crippen LogP contribution >= 0.6 is 11.6 Å². The summed E-state index contributed by atoms with van der Waals surface area (Å²) in [6.07, 6.45) is 0.485. The van der Waals surface area contributed by atoms with Crippen molar-refractivity contribution < 1.29 is 18.3 Å². The highest BCUT2D eigenvalue weighted by atomic mass is 35.5. The summed E-state index contributed by atoms with van der Waals surface area (Å²) in [5.41, 5.74) is 4.23. The summed E-state index contributed by atoms with van der Waals surface area (Å²) in [6.45, 7) is 2.14. The number of H-pyrrole nitrogens is 1. The minimum absolute atomic E-state index is 0.0170. The molecule has 0 spiro atoms. The van der Waals surface area contributed by atoms with Crippen molar-refractivity contribution in [3.8, 4) is 17.1 Å². The number of phenolic OH excluding ortho intramolecular Hbond substituents is 1. The van der Waals surface area contributed by atoms with E-state index in [-0.39, 0.29) is 23.1 Å². The molecule has 0 fully saturated rings. The lowest BCUT2D eigenvalue weighted by Gasteiger charge is -2.09. The number of imidazole rings is 1. The first-order valence-corrected chi connectivity index (χ1v) is 14.0. The molecule has 1 amide bonds. The monoisotopic (exact) mass is 560 g/mol. The summed E-state index contributed by atoms with van der Waals surface area (Å²) in [4.78, 5) is 21.0. The highest BCUT2D eigenvalue weighted by molar-refractivity contribution is 7.89. The Morgan fingerprint density at radius 3 is 2.33 bits per heavy atom. The van der Waals surface area contributed by atoms with Crippen molar-refractivity contribution >= 4 is 44.3 Å². The van der Waals surface area contributed by atoms with Crippen LogP contribution in [0.15, 0.2) is 89.8 Å². The fraction of sp³-hybridized carbons (Fsp3) is 0.103. The third-order valence-corrected chi connectivity index (χ3v) is 7.96. The number of aromatic hydroxyl groups is 1. The number of aromatic nitrogens is 2. The van der Waals surface area contributed by atoms with Gasteiger partial charge in [-0.25, -0.2) is 18.1 Å². The molecule has 5 aromatic rings. The number of nitrogens with zero attached hydrogens (tertiary/aromatic N) is 1. The number of amides is 1. The van der Waals surface area contributed by atoms with Crippen LogP contribution in [0.1, 0.15) is 21.5 Å². The van der Waals surface area contributed by atoms with Crippen molar-refractivity contribution in [3.63, 3.8) is 0 Å². The Hall–Kier alpha value is -4.18. The zero-order chi connectivity index (χ0) is 27.6. The largest absolute Gasteiger partial charge is 0.506 e. The SMILES string of the molecule is Cc1ccc(S(=O)(=O)NCCc2ccc(NC(=O)c3ccc(O)c4[nH]c(-c5ccc(Cl)cc5)nc34)cc2)cc1. The molecule has 10 heteroatoms. The Morgan fingerprint density at radius 2 is 1.64 bits per heavy atom. The van der Waals surface area contributed by atoms with Gasteiger partial charge in [-0.2, -0.15) is 0 Å². The quantitative estimate of drug-likeness (QED) is 0.195. The second-order valence-electron chi connectivity index (χ2n) is 9.06. The van der Waals surface area contributed by atoms with Gasteiger partial charge in [-0.1, -0.05) is 41.4 Å². The lowest BCUT2D eigenvalue weighted by molar-refractivity contribution is 0.102. The molecule has 0 unspecified atom stereocenters. The van der Waals surface area contributed by atoms with E-state index in [4.69, 9.17) is 11.6 Å². The molecule has 198 valence electrons. The van der Waals surface area contributed by atoms with Gasteiger partial charge in [0.1, 0.15) is 22.6 Å². The number of sulfonamides is 1. The summed E-state index contributed by atoms with van der Waals surface area (Å²) >= 11 is 5.98. The van der Waals surface area contributed by atoms with Crippen LogP contribution in [0.2, 0.25) is 5.02 Å². The minimum atomic E-state index is -3.58. The average Bonchev–Trinajstić information content (AvgIpc) is 3.37. The summed E-state index contributed by atoms with van der Waals surface area (Å²) < 4.78 is 27.5. The van der Waals surface area contributed by atoms with E-state index in [9.17, 15) is 18.3 Å². The number of hydrogen-bond donors (Lipinski definition) is 4. The number of carbonyl (C=O) groups is 1. The highest BCUT2D eigenvalue weighted by Crippen LogP contribution is 2.30. The van der Waals surface area contributed by atoms with Crippen molar-refractivity contribution in [2.75, 3.05) is 11.9 Å². The predicted molar refractivity (Wildman–Crippen MR) is 153 cm³/mol. The van der Waals surface area contributed by atoms with Gasteiger partial charge in [0.25, 0.3) is 5.91 Å². The second kappa shape index (κ2) is 10.9. The molecule has 0 aliphatic heterocycles. The molecule has 5 rings (SSSR count). The molecule has 0 bridgehead atoms. The standard InChI is InChI=1S/C29H25ClN4O4S/c1-18-2-12-23(13-3-18)39(37,38)31-17-16-19-4-10-22(11-5-19)32-29(36)24-14-15-25(35)27-26(24)33-28(34-27)20-6-8-21(30)9-7-20/h2-15,31,35H,16-17H2,1H3,(H,32,36)(H,33,34). The first-order valence-electron chi connectivity index (χ1n) is 12.1. The van der Waals surface area contributed by atoms with Crippen LogP contribution in [0.25, 0.3) is 22.4 Å². The van der Waals surface area contributed by atoms with Crippen molar-refractivity contribution in [3.05, 3.63) is 107 Å². The molecule has 4 aromatic carbocycles. The van der Waals surface area contributed by atoms with Crippen LogP contribution in [0.4, 0.5) is 5.69 Å². The van der Waals surface area contributed by atoms with Gasteiger partial charge >= 0.3 is 0 Å². The van der Waals surface area contributed by atoms with E-state index in [0.717, 1.165) is 16.7 Å². The first kappa shape index (κ1) is 26.4. The molecule has 0 saturated carbocycles. The number of nitrogens with one attached hydrogen (secondary N) is 3. The topological polar surface area (TPSA) is 124 Å². The van der Waals surface area contributed by atoms with Crippen molar-refractivity contribution in [1.29, 1.82) is 0 Å². The minimum Gasteiger partial charge on any atom is -0.506 e. The van der Waals surface area contributed by atoms with Crippen LogP contribution in [0, 0.1) is 6.92 Å². The molecule has 39 heavy (non-hydrogen) atoms. The first-order chi connectivity index (χ1) is 18.7. The fourth-order valence-corrected chi connectivity index (χ4v) is 5.25. The number of phenols is 1. The summed E-state index contributed by atoms with van der Waals surface area (Å²) in [7, 11) is -3.58. The number of halogens is 1. The molecule has 0 aliphatic rings. The molecule has 0 radical (unpaired) electrons. The van der Waals surface area contributed by atoms with Gasteiger partial charge in [-0.05, 0) is 79.6 Å². The van der Waals surface area contributed by atoms with E-state index in [1.807, 2.05) is 19.1 Å². The summed E-state index contributed by atoms with van der Waals surface area (Å²) in [5, 5.41) is 13.8. The van der Waals surface area contributed by atoms with Gasteiger partial charge < -0.3 is 15.4 Å². The smallest absolute Gasteiger partial charge is 0.257 e. The zero-order valence-electron chi connectivity index (χ0n) is 20.9. The van der Waals surface area contributed by atoms with Gasteiger partial charge in [0.2, 0.25) is 10.0 Å². The van der Waals surface area contributed by atoms with Crippen LogP contribution in [0.3, 0.4) is 0 Å². The number of benzene rings is 4. The average molecular weight is 561 g/mol. The zero-order valence-corrected chi connectivity index (χ0v) is 22.5. The number of aromatic amines is 1. The highest BCUT2D eigenvalue weighted by Gasteiger charge is 2.18. The van der Waals surface area contributed by atoms with E-state index in [2.05, 4.69) is 20.0 Å². The Labute approximate surface area is 230 Å². The second-order valence-corrected chi connectivity index (χ2v) is 11.3. The number of aryl methyl sites for hydroxylation is 1. The predicted octanol–water partition coefficient (Wildman–Crippen LogP) is 5.67. The number of fused-ring (bicyclic) bond motifs is 1.